The Labute approximate surface area is 131 Å². The van der Waals surface area contributed by atoms with Crippen molar-refractivity contribution < 1.29 is 13.9 Å². The van der Waals surface area contributed by atoms with Crippen LogP contribution in [0.2, 0.25) is 0 Å². The number of carbonyl (C=O) groups excluding carboxylic acids is 1. The average molecular weight is 324 g/mol. The van der Waals surface area contributed by atoms with Gasteiger partial charge in [0.15, 0.2) is 0 Å². The number of hydrogen-bond donors (Lipinski definition) is 0. The summed E-state index contributed by atoms with van der Waals surface area (Å²) < 4.78 is 10.4. The number of thioether (sulfide) groups is 1. The summed E-state index contributed by atoms with van der Waals surface area (Å²) in [5.74, 6) is 2.71. The molecule has 1 fully saturated rings. The molecule has 0 radical (unpaired) electrons. The van der Waals surface area contributed by atoms with E-state index >= 15 is 0 Å². The molecule has 0 aliphatic heterocycles. The van der Waals surface area contributed by atoms with Crippen molar-refractivity contribution in [2.24, 2.45) is 5.41 Å². The summed E-state index contributed by atoms with van der Waals surface area (Å²) in [6.45, 7) is 0. The van der Waals surface area contributed by atoms with Gasteiger partial charge in [0.05, 0.1) is 24.2 Å². The average Bonchev–Trinajstić information content (AvgIpc) is 2.93. The molecule has 3 rings (SSSR count). The van der Waals surface area contributed by atoms with Gasteiger partial charge in [-0.25, -0.2) is 0 Å². The first-order valence-electron chi connectivity index (χ1n) is 6.72. The number of methoxy groups -OCH3 is 1. The minimum atomic E-state index is -0.120. The molecule has 0 unspecified atom stereocenters. The van der Waals surface area contributed by atoms with E-state index in [0.29, 0.717) is 24.0 Å². The molecule has 0 amide bonds. The Morgan fingerprint density at radius 1 is 1.52 bits per heavy atom. The summed E-state index contributed by atoms with van der Waals surface area (Å²) in [6, 6.07) is 3.92. The van der Waals surface area contributed by atoms with E-state index in [-0.39, 0.29) is 11.4 Å². The summed E-state index contributed by atoms with van der Waals surface area (Å²) in [6.07, 6.45) is 2.71. The van der Waals surface area contributed by atoms with Gasteiger partial charge in [0, 0.05) is 0 Å². The van der Waals surface area contributed by atoms with E-state index in [1.54, 1.807) is 23.1 Å². The van der Waals surface area contributed by atoms with Gasteiger partial charge in [0.2, 0.25) is 5.89 Å². The lowest BCUT2D eigenvalue weighted by Crippen LogP contribution is -2.13. The van der Waals surface area contributed by atoms with E-state index in [1.165, 1.54) is 7.11 Å². The smallest absolute Gasteiger partial charge is 0.306 e. The van der Waals surface area contributed by atoms with Gasteiger partial charge in [-0.2, -0.15) is 11.8 Å². The van der Waals surface area contributed by atoms with Crippen LogP contribution in [0.25, 0.3) is 10.8 Å². The molecule has 0 spiro atoms. The molecule has 0 bridgehead atoms. The summed E-state index contributed by atoms with van der Waals surface area (Å²) in [5, 5.41) is 10.1. The van der Waals surface area contributed by atoms with Crippen molar-refractivity contribution in [3.05, 3.63) is 23.4 Å². The predicted octanol–water partition coefficient (Wildman–Crippen LogP) is 3.37. The third-order valence-corrected chi connectivity index (χ3v) is 5.66. The molecular weight excluding hydrogens is 308 g/mol. The van der Waals surface area contributed by atoms with Crippen LogP contribution in [0.4, 0.5) is 0 Å². The normalized spacial score (nSPS) is 15.9. The van der Waals surface area contributed by atoms with Crippen LogP contribution in [0.15, 0.2) is 21.9 Å². The lowest BCUT2D eigenvalue weighted by molar-refractivity contribution is -0.141. The highest BCUT2D eigenvalue weighted by atomic mass is 32.2. The lowest BCUT2D eigenvalue weighted by Gasteiger charge is -2.11. The fraction of sp³-hybridized carbons (Fsp3) is 0.500. The maximum absolute atomic E-state index is 11.4. The molecule has 0 aromatic carbocycles. The molecule has 0 saturated heterocycles. The summed E-state index contributed by atoms with van der Waals surface area (Å²) in [5.41, 5.74) is 0.133. The lowest BCUT2D eigenvalue weighted by atomic mass is 10.1. The molecule has 112 valence electrons. The van der Waals surface area contributed by atoms with Crippen LogP contribution in [0.1, 0.15) is 25.2 Å². The van der Waals surface area contributed by atoms with Gasteiger partial charge in [-0.05, 0) is 35.5 Å². The van der Waals surface area contributed by atoms with Crippen molar-refractivity contribution in [1.82, 2.24) is 10.2 Å². The zero-order chi connectivity index (χ0) is 14.7. The summed E-state index contributed by atoms with van der Waals surface area (Å²) in [7, 11) is 1.44. The third kappa shape index (κ3) is 3.65. The Bertz CT molecular complexity index is 606. The van der Waals surface area contributed by atoms with Crippen molar-refractivity contribution in [3.63, 3.8) is 0 Å². The van der Waals surface area contributed by atoms with Gasteiger partial charge >= 0.3 is 5.97 Å². The van der Waals surface area contributed by atoms with Gasteiger partial charge in [0.1, 0.15) is 0 Å². The number of carbonyl (C=O) groups is 1. The number of nitrogens with zero attached hydrogens (tertiary/aromatic N) is 2. The molecule has 1 aliphatic carbocycles. The van der Waals surface area contributed by atoms with Crippen molar-refractivity contribution in [3.8, 4) is 10.8 Å². The van der Waals surface area contributed by atoms with Crippen molar-refractivity contribution in [1.29, 1.82) is 0 Å². The van der Waals surface area contributed by atoms with E-state index in [9.17, 15) is 4.79 Å². The van der Waals surface area contributed by atoms with Crippen LogP contribution >= 0.6 is 23.1 Å². The SMILES string of the molecule is COC(=O)CC1(CSCc2nnc(-c3cccs3)o2)CC1. The maximum Gasteiger partial charge on any atom is 0.306 e. The second-order valence-corrected chi connectivity index (χ2v) is 7.16. The highest BCUT2D eigenvalue weighted by Crippen LogP contribution is 2.51. The van der Waals surface area contributed by atoms with E-state index in [2.05, 4.69) is 10.2 Å². The monoisotopic (exact) mass is 324 g/mol. The Kier molecular flexibility index (Phi) is 4.30. The zero-order valence-corrected chi connectivity index (χ0v) is 13.3. The van der Waals surface area contributed by atoms with Crippen LogP contribution in [0, 0.1) is 5.41 Å². The number of hydrogen-bond acceptors (Lipinski definition) is 7. The zero-order valence-electron chi connectivity index (χ0n) is 11.7. The third-order valence-electron chi connectivity index (χ3n) is 3.54. The molecule has 1 saturated carbocycles. The molecule has 2 aromatic rings. The van der Waals surface area contributed by atoms with Crippen molar-refractivity contribution >= 4 is 29.1 Å². The topological polar surface area (TPSA) is 65.2 Å². The quantitative estimate of drug-likeness (QED) is 0.728. The van der Waals surface area contributed by atoms with E-state index < -0.39 is 0 Å². The standard InChI is InChI=1S/C14H16N2O3S2/c1-18-12(17)7-14(4-5-14)9-20-8-11-15-16-13(19-11)10-3-2-6-21-10/h2-3,6H,4-5,7-9H2,1H3. The minimum Gasteiger partial charge on any atom is -0.469 e. The molecule has 21 heavy (non-hydrogen) atoms. The molecule has 2 aromatic heterocycles. The van der Waals surface area contributed by atoms with Gasteiger partial charge in [-0.3, -0.25) is 4.79 Å². The van der Waals surface area contributed by atoms with Crippen LogP contribution in [-0.4, -0.2) is 29.0 Å². The maximum atomic E-state index is 11.4. The van der Waals surface area contributed by atoms with Crippen LogP contribution in [-0.2, 0) is 15.3 Å². The fourth-order valence-corrected chi connectivity index (χ4v) is 3.96. The van der Waals surface area contributed by atoms with Gasteiger partial charge in [-0.1, -0.05) is 6.07 Å². The van der Waals surface area contributed by atoms with E-state index in [4.69, 9.17) is 9.15 Å². The second kappa shape index (κ2) is 6.19. The number of esters is 1. The Balaban J connectivity index is 1.49. The van der Waals surface area contributed by atoms with Crippen LogP contribution in [0.3, 0.4) is 0 Å². The number of aromatic nitrogens is 2. The molecular formula is C14H16N2O3S2. The predicted molar refractivity (Wildman–Crippen MR) is 82.1 cm³/mol. The van der Waals surface area contributed by atoms with E-state index in [1.807, 2.05) is 17.5 Å². The van der Waals surface area contributed by atoms with Crippen LogP contribution in [0.5, 0.6) is 0 Å². The fourth-order valence-electron chi connectivity index (χ4n) is 2.09. The Morgan fingerprint density at radius 2 is 2.38 bits per heavy atom. The number of ether oxygens (including phenoxy) is 1. The van der Waals surface area contributed by atoms with Gasteiger partial charge in [0.25, 0.3) is 5.89 Å². The molecule has 0 N–H and O–H groups in total. The summed E-state index contributed by atoms with van der Waals surface area (Å²) in [4.78, 5) is 12.4. The van der Waals surface area contributed by atoms with Crippen molar-refractivity contribution in [2.75, 3.05) is 12.9 Å². The molecule has 0 atom stereocenters. The highest BCUT2D eigenvalue weighted by Gasteiger charge is 2.44. The van der Waals surface area contributed by atoms with Crippen LogP contribution < -0.4 is 0 Å². The first-order valence-corrected chi connectivity index (χ1v) is 8.75. The molecule has 5 nitrogen and oxygen atoms in total. The Hall–Kier alpha value is -1.34. The van der Waals surface area contributed by atoms with Gasteiger partial charge in [-0.15, -0.1) is 21.5 Å². The minimum absolute atomic E-state index is 0.120. The highest BCUT2D eigenvalue weighted by molar-refractivity contribution is 7.98. The van der Waals surface area contributed by atoms with Gasteiger partial charge < -0.3 is 9.15 Å². The van der Waals surface area contributed by atoms with Crippen molar-refractivity contribution in [2.45, 2.75) is 25.0 Å². The van der Waals surface area contributed by atoms with E-state index in [0.717, 1.165) is 23.5 Å². The molecule has 1 aliphatic rings. The summed E-state index contributed by atoms with van der Waals surface area (Å²) >= 11 is 3.32. The number of thiophene rings is 1. The first-order chi connectivity index (χ1) is 10.2. The molecule has 7 heteroatoms. The Morgan fingerprint density at radius 3 is 3.05 bits per heavy atom. The molecule has 2 heterocycles. The first kappa shape index (κ1) is 14.6. The number of rotatable bonds is 7. The largest absolute Gasteiger partial charge is 0.469 e. The second-order valence-electron chi connectivity index (χ2n) is 5.22.